The summed E-state index contributed by atoms with van der Waals surface area (Å²) in [6, 6.07) is 7.35. The highest BCUT2D eigenvalue weighted by Crippen LogP contribution is 2.23. The number of halogens is 1. The summed E-state index contributed by atoms with van der Waals surface area (Å²) < 4.78 is 6.22. The fourth-order valence-corrected chi connectivity index (χ4v) is 2.05. The summed E-state index contributed by atoms with van der Waals surface area (Å²) in [5.74, 6) is 0.493. The Morgan fingerprint density at radius 1 is 1.50 bits per heavy atom. The van der Waals surface area contributed by atoms with Crippen LogP contribution in [0.15, 0.2) is 28.7 Å². The molecule has 112 valence electrons. The highest BCUT2D eigenvalue weighted by Gasteiger charge is 2.27. The molecule has 0 bridgehead atoms. The van der Waals surface area contributed by atoms with E-state index in [-0.39, 0.29) is 25.0 Å². The second-order valence-corrected chi connectivity index (χ2v) is 6.02. The molecular formula is C15H22BrNO3. The first-order valence-electron chi connectivity index (χ1n) is 6.73. The average molecular weight is 344 g/mol. The van der Waals surface area contributed by atoms with Gasteiger partial charge in [-0.25, -0.2) is 0 Å². The Bertz CT molecular complexity index is 448. The van der Waals surface area contributed by atoms with Crippen molar-refractivity contribution in [2.24, 2.45) is 5.92 Å². The van der Waals surface area contributed by atoms with Gasteiger partial charge in [0, 0.05) is 6.54 Å². The summed E-state index contributed by atoms with van der Waals surface area (Å²) in [4.78, 5) is 11.7. The van der Waals surface area contributed by atoms with E-state index in [9.17, 15) is 9.90 Å². The number of nitrogens with one attached hydrogen (secondary N) is 1. The van der Waals surface area contributed by atoms with E-state index in [0.717, 1.165) is 10.9 Å². The topological polar surface area (TPSA) is 58.6 Å². The number of hydrogen-bond donors (Lipinski definition) is 2. The SMILES string of the molecule is CCC(C)C(C)(O)CNC(=O)COc1ccccc1Br. The number of carbonyl (C=O) groups excluding carboxylic acids is 1. The average Bonchev–Trinajstić information content (AvgIpc) is 2.43. The molecule has 0 radical (unpaired) electrons. The van der Waals surface area contributed by atoms with Gasteiger partial charge in [0.1, 0.15) is 5.75 Å². The first kappa shape index (κ1) is 17.0. The van der Waals surface area contributed by atoms with Gasteiger partial charge < -0.3 is 15.2 Å². The number of benzene rings is 1. The number of amides is 1. The minimum absolute atomic E-state index is 0.0702. The Labute approximate surface area is 128 Å². The maximum Gasteiger partial charge on any atom is 0.258 e. The lowest BCUT2D eigenvalue weighted by Gasteiger charge is -2.29. The molecule has 0 fully saturated rings. The van der Waals surface area contributed by atoms with E-state index < -0.39 is 5.60 Å². The fraction of sp³-hybridized carbons (Fsp3) is 0.533. The molecule has 4 nitrogen and oxygen atoms in total. The molecule has 1 aromatic carbocycles. The molecule has 0 aliphatic heterocycles. The van der Waals surface area contributed by atoms with Crippen LogP contribution in [0.5, 0.6) is 5.75 Å². The zero-order valence-corrected chi connectivity index (χ0v) is 13.7. The van der Waals surface area contributed by atoms with E-state index in [1.807, 2.05) is 32.0 Å². The summed E-state index contributed by atoms with van der Waals surface area (Å²) in [6.45, 7) is 5.86. The van der Waals surface area contributed by atoms with Crippen molar-refractivity contribution in [1.29, 1.82) is 0 Å². The number of hydrogen-bond acceptors (Lipinski definition) is 3. The van der Waals surface area contributed by atoms with Gasteiger partial charge in [0.2, 0.25) is 0 Å². The van der Waals surface area contributed by atoms with Gasteiger partial charge in [0.25, 0.3) is 5.91 Å². The smallest absolute Gasteiger partial charge is 0.258 e. The number of carbonyl (C=O) groups is 1. The van der Waals surface area contributed by atoms with Crippen molar-refractivity contribution in [3.63, 3.8) is 0 Å². The second kappa shape index (κ2) is 7.64. The van der Waals surface area contributed by atoms with Crippen LogP contribution in [-0.2, 0) is 4.79 Å². The van der Waals surface area contributed by atoms with Crippen LogP contribution >= 0.6 is 15.9 Å². The van der Waals surface area contributed by atoms with Gasteiger partial charge in [0.15, 0.2) is 6.61 Å². The van der Waals surface area contributed by atoms with Crippen LogP contribution in [0.2, 0.25) is 0 Å². The van der Waals surface area contributed by atoms with Crippen LogP contribution in [0.25, 0.3) is 0 Å². The predicted molar refractivity (Wildman–Crippen MR) is 82.7 cm³/mol. The van der Waals surface area contributed by atoms with Gasteiger partial charge in [0.05, 0.1) is 10.1 Å². The molecule has 20 heavy (non-hydrogen) atoms. The van der Waals surface area contributed by atoms with Crippen LogP contribution < -0.4 is 10.1 Å². The predicted octanol–water partition coefficient (Wildman–Crippen LogP) is 2.74. The van der Waals surface area contributed by atoms with E-state index in [2.05, 4.69) is 21.2 Å². The molecule has 0 saturated heterocycles. The van der Waals surface area contributed by atoms with Crippen molar-refractivity contribution in [2.45, 2.75) is 32.8 Å². The minimum Gasteiger partial charge on any atom is -0.483 e. The van der Waals surface area contributed by atoms with Crippen LogP contribution in [-0.4, -0.2) is 29.8 Å². The Hall–Kier alpha value is -1.07. The summed E-state index contributed by atoms with van der Waals surface area (Å²) >= 11 is 3.35. The van der Waals surface area contributed by atoms with Crippen LogP contribution in [0.3, 0.4) is 0 Å². The van der Waals surface area contributed by atoms with Crippen molar-refractivity contribution in [3.05, 3.63) is 28.7 Å². The van der Waals surface area contributed by atoms with Crippen LogP contribution in [0.1, 0.15) is 27.2 Å². The zero-order valence-electron chi connectivity index (χ0n) is 12.1. The zero-order chi connectivity index (χ0) is 15.2. The Morgan fingerprint density at radius 2 is 2.15 bits per heavy atom. The number of para-hydroxylation sites is 1. The van der Waals surface area contributed by atoms with Crippen LogP contribution in [0.4, 0.5) is 0 Å². The van der Waals surface area contributed by atoms with Gasteiger partial charge in [-0.2, -0.15) is 0 Å². The summed E-state index contributed by atoms with van der Waals surface area (Å²) in [6.07, 6.45) is 0.857. The lowest BCUT2D eigenvalue weighted by Crippen LogP contribution is -2.46. The maximum absolute atomic E-state index is 11.7. The second-order valence-electron chi connectivity index (χ2n) is 5.16. The molecule has 5 heteroatoms. The third kappa shape index (κ3) is 5.13. The summed E-state index contributed by atoms with van der Waals surface area (Å²) in [5.41, 5.74) is -0.905. The number of ether oxygens (including phenoxy) is 1. The molecule has 0 aliphatic carbocycles. The van der Waals surface area contributed by atoms with Crippen molar-refractivity contribution in [1.82, 2.24) is 5.32 Å². The van der Waals surface area contributed by atoms with Gasteiger partial charge in [-0.3, -0.25) is 4.79 Å². The molecule has 1 aromatic rings. The number of rotatable bonds is 7. The molecule has 2 unspecified atom stereocenters. The molecule has 0 spiro atoms. The molecule has 1 rings (SSSR count). The highest BCUT2D eigenvalue weighted by atomic mass is 79.9. The third-order valence-electron chi connectivity index (χ3n) is 3.51. The lowest BCUT2D eigenvalue weighted by molar-refractivity contribution is -0.124. The maximum atomic E-state index is 11.7. The van der Waals surface area contributed by atoms with Crippen molar-refractivity contribution < 1.29 is 14.6 Å². The quantitative estimate of drug-likeness (QED) is 0.800. The Kier molecular flexibility index (Phi) is 6.49. The van der Waals surface area contributed by atoms with E-state index in [1.54, 1.807) is 13.0 Å². The molecule has 2 N–H and O–H groups in total. The van der Waals surface area contributed by atoms with Gasteiger partial charge >= 0.3 is 0 Å². The van der Waals surface area contributed by atoms with Crippen molar-refractivity contribution in [2.75, 3.05) is 13.2 Å². The molecule has 0 aromatic heterocycles. The highest BCUT2D eigenvalue weighted by molar-refractivity contribution is 9.10. The van der Waals surface area contributed by atoms with Gasteiger partial charge in [-0.15, -0.1) is 0 Å². The fourth-order valence-electron chi connectivity index (χ4n) is 1.65. The molecular weight excluding hydrogens is 322 g/mol. The van der Waals surface area contributed by atoms with E-state index in [4.69, 9.17) is 4.74 Å². The Balaban J connectivity index is 2.40. The van der Waals surface area contributed by atoms with E-state index in [0.29, 0.717) is 5.75 Å². The normalized spacial score (nSPS) is 15.2. The summed E-state index contributed by atoms with van der Waals surface area (Å²) in [7, 11) is 0. The van der Waals surface area contributed by atoms with Crippen LogP contribution in [0, 0.1) is 5.92 Å². The van der Waals surface area contributed by atoms with Crippen molar-refractivity contribution >= 4 is 21.8 Å². The van der Waals surface area contributed by atoms with E-state index in [1.165, 1.54) is 0 Å². The molecule has 1 amide bonds. The van der Waals surface area contributed by atoms with Gasteiger partial charge in [-0.1, -0.05) is 32.4 Å². The molecule has 0 saturated carbocycles. The minimum atomic E-state index is -0.905. The number of aliphatic hydroxyl groups is 1. The molecule has 2 atom stereocenters. The largest absolute Gasteiger partial charge is 0.483 e. The monoisotopic (exact) mass is 343 g/mol. The molecule has 0 aliphatic rings. The molecule has 0 heterocycles. The van der Waals surface area contributed by atoms with Crippen molar-refractivity contribution in [3.8, 4) is 5.75 Å². The van der Waals surface area contributed by atoms with E-state index >= 15 is 0 Å². The third-order valence-corrected chi connectivity index (χ3v) is 4.17. The first-order chi connectivity index (χ1) is 9.36. The standard InChI is InChI=1S/C15H22BrNO3/c1-4-11(2)15(3,19)10-17-14(18)9-20-13-8-6-5-7-12(13)16/h5-8,11,19H,4,9-10H2,1-3H3,(H,17,18). The van der Waals surface area contributed by atoms with Gasteiger partial charge in [-0.05, 0) is 40.9 Å². The lowest BCUT2D eigenvalue weighted by atomic mass is 9.89. The first-order valence-corrected chi connectivity index (χ1v) is 7.52. The Morgan fingerprint density at radius 3 is 2.75 bits per heavy atom. The summed E-state index contributed by atoms with van der Waals surface area (Å²) in [5, 5.41) is 12.9.